The molecule has 2 heteroatoms. The molecule has 0 saturated carbocycles. The minimum atomic E-state index is 0.356. The van der Waals surface area contributed by atoms with E-state index in [0.717, 1.165) is 25.6 Å². The van der Waals surface area contributed by atoms with Crippen LogP contribution in [0.5, 0.6) is 0 Å². The van der Waals surface area contributed by atoms with Crippen molar-refractivity contribution in [2.45, 2.75) is 59.5 Å². The molecule has 92 valence electrons. The van der Waals surface area contributed by atoms with Gasteiger partial charge in [-0.3, -0.25) is 0 Å². The van der Waals surface area contributed by atoms with Gasteiger partial charge in [-0.1, -0.05) is 27.2 Å². The maximum Gasteiger partial charge on any atom is 0.0671 e. The molecule has 0 aromatic heterocycles. The molecule has 0 aliphatic heterocycles. The van der Waals surface area contributed by atoms with Crippen LogP contribution in [0.1, 0.15) is 53.4 Å². The summed E-state index contributed by atoms with van der Waals surface area (Å²) in [7, 11) is 0. The number of ether oxygens (including phenoxy) is 1. The Kier molecular flexibility index (Phi) is 10.4. The van der Waals surface area contributed by atoms with Gasteiger partial charge in [0.25, 0.3) is 0 Å². The Hall–Kier alpha value is -0.0800. The average molecular weight is 215 g/mol. The SMILES string of the molecule is CCCCNCC(C)OCCCC(C)C. The van der Waals surface area contributed by atoms with Gasteiger partial charge in [0.05, 0.1) is 6.10 Å². The smallest absolute Gasteiger partial charge is 0.0671 e. The molecule has 1 atom stereocenters. The maximum absolute atomic E-state index is 5.71. The van der Waals surface area contributed by atoms with Crippen LogP contribution in [0, 0.1) is 5.92 Å². The van der Waals surface area contributed by atoms with Gasteiger partial charge in [0.15, 0.2) is 0 Å². The molecule has 0 rings (SSSR count). The van der Waals surface area contributed by atoms with Crippen LogP contribution in [0.25, 0.3) is 0 Å². The van der Waals surface area contributed by atoms with Crippen LogP contribution in [0.15, 0.2) is 0 Å². The molecule has 0 aliphatic rings. The first-order chi connectivity index (χ1) is 7.16. The van der Waals surface area contributed by atoms with Crippen molar-refractivity contribution in [1.29, 1.82) is 0 Å². The lowest BCUT2D eigenvalue weighted by Gasteiger charge is -2.14. The van der Waals surface area contributed by atoms with Gasteiger partial charge in [0.1, 0.15) is 0 Å². The zero-order valence-corrected chi connectivity index (χ0v) is 11.0. The summed E-state index contributed by atoms with van der Waals surface area (Å²) >= 11 is 0. The van der Waals surface area contributed by atoms with E-state index in [9.17, 15) is 0 Å². The average Bonchev–Trinajstić information content (AvgIpc) is 2.19. The van der Waals surface area contributed by atoms with Crippen molar-refractivity contribution >= 4 is 0 Å². The molecule has 0 aromatic carbocycles. The lowest BCUT2D eigenvalue weighted by atomic mass is 10.1. The normalized spacial score (nSPS) is 13.4. The van der Waals surface area contributed by atoms with Gasteiger partial charge in [-0.2, -0.15) is 0 Å². The monoisotopic (exact) mass is 215 g/mol. The van der Waals surface area contributed by atoms with E-state index < -0.39 is 0 Å². The summed E-state index contributed by atoms with van der Waals surface area (Å²) in [6.07, 6.45) is 5.35. The fourth-order valence-corrected chi connectivity index (χ4v) is 1.44. The number of unbranched alkanes of at least 4 members (excludes halogenated alkanes) is 1. The molecular formula is C13H29NO. The van der Waals surface area contributed by atoms with Gasteiger partial charge in [-0.25, -0.2) is 0 Å². The second kappa shape index (κ2) is 10.4. The number of nitrogens with one attached hydrogen (secondary N) is 1. The molecule has 0 bridgehead atoms. The number of hydrogen-bond acceptors (Lipinski definition) is 2. The van der Waals surface area contributed by atoms with E-state index in [1.54, 1.807) is 0 Å². The van der Waals surface area contributed by atoms with Crippen LogP contribution in [-0.2, 0) is 4.74 Å². The fraction of sp³-hybridized carbons (Fsp3) is 1.00. The van der Waals surface area contributed by atoms with Crippen LogP contribution in [-0.4, -0.2) is 25.8 Å². The Morgan fingerprint density at radius 3 is 2.47 bits per heavy atom. The Bertz CT molecular complexity index is 126. The van der Waals surface area contributed by atoms with Crippen molar-refractivity contribution in [3.05, 3.63) is 0 Å². The predicted molar refractivity (Wildman–Crippen MR) is 67.3 cm³/mol. The molecule has 15 heavy (non-hydrogen) atoms. The van der Waals surface area contributed by atoms with Crippen molar-refractivity contribution in [1.82, 2.24) is 5.32 Å². The van der Waals surface area contributed by atoms with Gasteiger partial charge < -0.3 is 10.1 Å². The summed E-state index contributed by atoms with van der Waals surface area (Å²) in [5.74, 6) is 0.798. The summed E-state index contributed by atoms with van der Waals surface area (Å²) in [4.78, 5) is 0. The molecule has 0 fully saturated rings. The van der Waals surface area contributed by atoms with Crippen LogP contribution >= 0.6 is 0 Å². The summed E-state index contributed by atoms with van der Waals surface area (Å²) in [5.41, 5.74) is 0. The maximum atomic E-state index is 5.71. The second-order valence-corrected chi connectivity index (χ2v) is 4.78. The van der Waals surface area contributed by atoms with E-state index >= 15 is 0 Å². The molecule has 0 radical (unpaired) electrons. The zero-order valence-electron chi connectivity index (χ0n) is 11.0. The minimum Gasteiger partial charge on any atom is -0.377 e. The van der Waals surface area contributed by atoms with Gasteiger partial charge in [-0.05, 0) is 38.6 Å². The largest absolute Gasteiger partial charge is 0.377 e. The summed E-state index contributed by atoms with van der Waals surface area (Å²) < 4.78 is 5.71. The third-order valence-corrected chi connectivity index (χ3v) is 2.47. The van der Waals surface area contributed by atoms with E-state index in [1.165, 1.54) is 25.7 Å². The van der Waals surface area contributed by atoms with Crippen molar-refractivity contribution in [2.24, 2.45) is 5.92 Å². The van der Waals surface area contributed by atoms with Gasteiger partial charge >= 0.3 is 0 Å². The van der Waals surface area contributed by atoms with Crippen LogP contribution in [0.4, 0.5) is 0 Å². The van der Waals surface area contributed by atoms with Gasteiger partial charge in [-0.15, -0.1) is 0 Å². The molecule has 2 nitrogen and oxygen atoms in total. The molecule has 1 N–H and O–H groups in total. The first-order valence-electron chi connectivity index (χ1n) is 6.49. The third kappa shape index (κ3) is 11.8. The van der Waals surface area contributed by atoms with Crippen molar-refractivity contribution in [3.63, 3.8) is 0 Å². The Morgan fingerprint density at radius 1 is 1.13 bits per heavy atom. The molecule has 0 aliphatic carbocycles. The standard InChI is InChI=1S/C13H29NO/c1-5-6-9-14-11-13(4)15-10-7-8-12(2)3/h12-14H,5-11H2,1-4H3. The van der Waals surface area contributed by atoms with E-state index in [2.05, 4.69) is 33.0 Å². The summed E-state index contributed by atoms with van der Waals surface area (Å²) in [6.45, 7) is 11.9. The Labute approximate surface area is 95.8 Å². The molecular weight excluding hydrogens is 186 g/mol. The summed E-state index contributed by atoms with van der Waals surface area (Å²) in [5, 5.41) is 3.41. The topological polar surface area (TPSA) is 21.3 Å². The van der Waals surface area contributed by atoms with Crippen LogP contribution in [0.2, 0.25) is 0 Å². The van der Waals surface area contributed by atoms with E-state index in [0.29, 0.717) is 6.10 Å². The molecule has 0 aromatic rings. The molecule has 0 spiro atoms. The molecule has 0 saturated heterocycles. The first-order valence-corrected chi connectivity index (χ1v) is 6.49. The van der Waals surface area contributed by atoms with E-state index in [-0.39, 0.29) is 0 Å². The highest BCUT2D eigenvalue weighted by molar-refractivity contribution is 4.55. The van der Waals surface area contributed by atoms with Crippen molar-refractivity contribution in [3.8, 4) is 0 Å². The van der Waals surface area contributed by atoms with Crippen LogP contribution < -0.4 is 5.32 Å². The predicted octanol–water partition coefficient (Wildman–Crippen LogP) is 3.22. The highest BCUT2D eigenvalue weighted by Gasteiger charge is 2.01. The molecule has 0 heterocycles. The fourth-order valence-electron chi connectivity index (χ4n) is 1.44. The van der Waals surface area contributed by atoms with E-state index in [1.807, 2.05) is 0 Å². The highest BCUT2D eigenvalue weighted by atomic mass is 16.5. The molecule has 0 amide bonds. The van der Waals surface area contributed by atoms with Gasteiger partial charge in [0.2, 0.25) is 0 Å². The lowest BCUT2D eigenvalue weighted by Crippen LogP contribution is -2.27. The Balaban J connectivity index is 3.15. The van der Waals surface area contributed by atoms with Crippen LogP contribution in [0.3, 0.4) is 0 Å². The number of rotatable bonds is 10. The zero-order chi connectivity index (χ0) is 11.5. The van der Waals surface area contributed by atoms with E-state index in [4.69, 9.17) is 4.74 Å². The van der Waals surface area contributed by atoms with Crippen molar-refractivity contribution < 1.29 is 4.74 Å². The minimum absolute atomic E-state index is 0.356. The third-order valence-electron chi connectivity index (χ3n) is 2.47. The van der Waals surface area contributed by atoms with Crippen molar-refractivity contribution in [2.75, 3.05) is 19.7 Å². The molecule has 1 unspecified atom stereocenters. The first kappa shape index (κ1) is 14.9. The highest BCUT2D eigenvalue weighted by Crippen LogP contribution is 2.04. The van der Waals surface area contributed by atoms with Gasteiger partial charge in [0, 0.05) is 13.2 Å². The quantitative estimate of drug-likeness (QED) is 0.565. The Morgan fingerprint density at radius 2 is 1.87 bits per heavy atom. The lowest BCUT2D eigenvalue weighted by molar-refractivity contribution is 0.0619. The number of hydrogen-bond donors (Lipinski definition) is 1. The second-order valence-electron chi connectivity index (χ2n) is 4.78. The summed E-state index contributed by atoms with van der Waals surface area (Å²) in [6, 6.07) is 0.